The molecule has 0 unspecified atom stereocenters. The molecular weight excluding hydrogens is 284 g/mol. The smallest absolute Gasteiger partial charge is 0.335 e. The predicted molar refractivity (Wildman–Crippen MR) is 82.7 cm³/mol. The molecule has 1 aromatic rings. The van der Waals surface area contributed by atoms with Crippen LogP contribution in [0.15, 0.2) is 24.3 Å². The predicted octanol–water partition coefficient (Wildman–Crippen LogP) is 1.30. The molecule has 0 saturated heterocycles. The van der Waals surface area contributed by atoms with E-state index in [2.05, 4.69) is 5.32 Å². The van der Waals surface area contributed by atoms with E-state index in [0.29, 0.717) is 32.2 Å². The second-order valence-corrected chi connectivity index (χ2v) is 5.25. The number of hydrogen-bond donors (Lipinski definition) is 2. The number of carboxylic acids is 1. The SMILES string of the molecule is CN(C)C(=O)CCCC(=O)NCCc1cccc(C(=O)O)c1. The van der Waals surface area contributed by atoms with Crippen molar-refractivity contribution in [2.75, 3.05) is 20.6 Å². The summed E-state index contributed by atoms with van der Waals surface area (Å²) >= 11 is 0. The van der Waals surface area contributed by atoms with Gasteiger partial charge in [-0.1, -0.05) is 12.1 Å². The lowest BCUT2D eigenvalue weighted by atomic mass is 10.1. The van der Waals surface area contributed by atoms with Crippen molar-refractivity contribution >= 4 is 17.8 Å². The number of carboxylic acid groups (broad SMARTS) is 1. The van der Waals surface area contributed by atoms with Crippen LogP contribution >= 0.6 is 0 Å². The minimum absolute atomic E-state index is 0.0123. The molecule has 0 aliphatic rings. The van der Waals surface area contributed by atoms with Crippen molar-refractivity contribution in [3.63, 3.8) is 0 Å². The van der Waals surface area contributed by atoms with Gasteiger partial charge >= 0.3 is 5.97 Å². The van der Waals surface area contributed by atoms with Gasteiger partial charge in [0.2, 0.25) is 11.8 Å². The van der Waals surface area contributed by atoms with Crippen molar-refractivity contribution in [2.24, 2.45) is 0 Å². The van der Waals surface area contributed by atoms with Crippen LogP contribution in [0, 0.1) is 0 Å². The van der Waals surface area contributed by atoms with Crippen molar-refractivity contribution in [3.8, 4) is 0 Å². The third-order valence-electron chi connectivity index (χ3n) is 3.20. The Morgan fingerprint density at radius 2 is 1.91 bits per heavy atom. The van der Waals surface area contributed by atoms with E-state index in [9.17, 15) is 14.4 Å². The van der Waals surface area contributed by atoms with E-state index in [-0.39, 0.29) is 17.4 Å². The van der Waals surface area contributed by atoms with Crippen LogP contribution in [-0.2, 0) is 16.0 Å². The molecule has 22 heavy (non-hydrogen) atoms. The number of hydrogen-bond acceptors (Lipinski definition) is 3. The topological polar surface area (TPSA) is 86.7 Å². The summed E-state index contributed by atoms with van der Waals surface area (Å²) in [5, 5.41) is 11.7. The van der Waals surface area contributed by atoms with Gasteiger partial charge in [0.15, 0.2) is 0 Å². The number of benzene rings is 1. The van der Waals surface area contributed by atoms with Crippen molar-refractivity contribution in [1.29, 1.82) is 0 Å². The van der Waals surface area contributed by atoms with Gasteiger partial charge in [-0.15, -0.1) is 0 Å². The van der Waals surface area contributed by atoms with Gasteiger partial charge < -0.3 is 15.3 Å². The summed E-state index contributed by atoms with van der Waals surface area (Å²) in [7, 11) is 3.38. The van der Waals surface area contributed by atoms with Gasteiger partial charge in [0.25, 0.3) is 0 Å². The van der Waals surface area contributed by atoms with Gasteiger partial charge in [-0.25, -0.2) is 4.79 Å². The van der Waals surface area contributed by atoms with Crippen molar-refractivity contribution in [1.82, 2.24) is 10.2 Å². The highest BCUT2D eigenvalue weighted by molar-refractivity contribution is 5.87. The first-order valence-electron chi connectivity index (χ1n) is 7.19. The Hall–Kier alpha value is -2.37. The van der Waals surface area contributed by atoms with Crippen molar-refractivity contribution in [2.45, 2.75) is 25.7 Å². The van der Waals surface area contributed by atoms with Gasteiger partial charge in [-0.2, -0.15) is 0 Å². The number of nitrogens with zero attached hydrogens (tertiary/aromatic N) is 1. The molecule has 1 aromatic carbocycles. The van der Waals surface area contributed by atoms with Gasteiger partial charge in [-0.3, -0.25) is 9.59 Å². The maximum atomic E-state index is 11.6. The Morgan fingerprint density at radius 1 is 1.18 bits per heavy atom. The molecular formula is C16H22N2O4. The largest absolute Gasteiger partial charge is 0.478 e. The molecule has 0 atom stereocenters. The highest BCUT2D eigenvalue weighted by Crippen LogP contribution is 2.06. The molecule has 0 saturated carbocycles. The van der Waals surface area contributed by atoms with Crippen molar-refractivity contribution < 1.29 is 19.5 Å². The molecule has 0 aromatic heterocycles. The Labute approximate surface area is 130 Å². The minimum atomic E-state index is -0.962. The fourth-order valence-corrected chi connectivity index (χ4v) is 1.92. The van der Waals surface area contributed by atoms with Gasteiger partial charge in [-0.05, 0) is 30.5 Å². The first-order chi connectivity index (χ1) is 10.4. The van der Waals surface area contributed by atoms with Crippen LogP contribution in [0.1, 0.15) is 35.2 Å². The Balaban J connectivity index is 2.26. The Bertz CT molecular complexity index is 541. The number of nitrogens with one attached hydrogen (secondary N) is 1. The van der Waals surface area contributed by atoms with Crippen LogP contribution in [0.4, 0.5) is 0 Å². The van der Waals surface area contributed by atoms with Crippen LogP contribution in [0.25, 0.3) is 0 Å². The molecule has 2 amide bonds. The Kier molecular flexibility index (Phi) is 7.08. The van der Waals surface area contributed by atoms with E-state index in [0.717, 1.165) is 5.56 Å². The van der Waals surface area contributed by atoms with E-state index in [1.165, 1.54) is 11.0 Å². The van der Waals surface area contributed by atoms with Crippen LogP contribution in [-0.4, -0.2) is 48.4 Å². The van der Waals surface area contributed by atoms with Gasteiger partial charge in [0.1, 0.15) is 0 Å². The van der Waals surface area contributed by atoms with Crippen LogP contribution < -0.4 is 5.32 Å². The summed E-state index contributed by atoms with van der Waals surface area (Å²) < 4.78 is 0. The molecule has 1 rings (SSSR count). The summed E-state index contributed by atoms with van der Waals surface area (Å²) in [5.41, 5.74) is 1.11. The summed E-state index contributed by atoms with van der Waals surface area (Å²) in [6.07, 6.45) is 1.77. The highest BCUT2D eigenvalue weighted by Gasteiger charge is 2.07. The third-order valence-corrected chi connectivity index (χ3v) is 3.20. The fourth-order valence-electron chi connectivity index (χ4n) is 1.92. The standard InChI is InChI=1S/C16H22N2O4/c1-18(2)15(20)8-4-7-14(19)17-10-9-12-5-3-6-13(11-12)16(21)22/h3,5-6,11H,4,7-10H2,1-2H3,(H,17,19)(H,21,22). The number of rotatable bonds is 8. The van der Waals surface area contributed by atoms with E-state index in [4.69, 9.17) is 5.11 Å². The second kappa shape index (κ2) is 8.81. The average molecular weight is 306 g/mol. The zero-order valence-electron chi connectivity index (χ0n) is 13.0. The number of amides is 2. The summed E-state index contributed by atoms with van der Waals surface area (Å²) in [6, 6.07) is 6.65. The molecule has 0 radical (unpaired) electrons. The zero-order valence-corrected chi connectivity index (χ0v) is 13.0. The zero-order chi connectivity index (χ0) is 16.5. The molecule has 0 aliphatic heterocycles. The lowest BCUT2D eigenvalue weighted by molar-refractivity contribution is -0.129. The molecule has 6 nitrogen and oxygen atoms in total. The van der Waals surface area contributed by atoms with Crippen LogP contribution in [0.3, 0.4) is 0 Å². The van der Waals surface area contributed by atoms with Gasteiger partial charge in [0.05, 0.1) is 5.56 Å². The summed E-state index contributed by atoms with van der Waals surface area (Å²) in [6.45, 7) is 0.448. The van der Waals surface area contributed by atoms with E-state index in [1.54, 1.807) is 26.2 Å². The minimum Gasteiger partial charge on any atom is -0.478 e. The number of aromatic carboxylic acids is 1. The van der Waals surface area contributed by atoms with E-state index >= 15 is 0 Å². The van der Waals surface area contributed by atoms with Crippen LogP contribution in [0.2, 0.25) is 0 Å². The molecule has 0 spiro atoms. The maximum absolute atomic E-state index is 11.6. The Morgan fingerprint density at radius 3 is 2.55 bits per heavy atom. The second-order valence-electron chi connectivity index (χ2n) is 5.25. The fraction of sp³-hybridized carbons (Fsp3) is 0.438. The monoisotopic (exact) mass is 306 g/mol. The van der Waals surface area contributed by atoms with E-state index < -0.39 is 5.97 Å². The third kappa shape index (κ3) is 6.39. The average Bonchev–Trinajstić information content (AvgIpc) is 2.47. The van der Waals surface area contributed by atoms with Crippen molar-refractivity contribution in [3.05, 3.63) is 35.4 Å². The normalized spacial score (nSPS) is 10.1. The molecule has 120 valence electrons. The highest BCUT2D eigenvalue weighted by atomic mass is 16.4. The summed E-state index contributed by atoms with van der Waals surface area (Å²) in [5.74, 6) is -1.05. The first-order valence-corrected chi connectivity index (χ1v) is 7.19. The molecule has 2 N–H and O–H groups in total. The molecule has 6 heteroatoms. The summed E-state index contributed by atoms with van der Waals surface area (Å²) in [4.78, 5) is 35.3. The number of carbonyl (C=O) groups is 3. The quantitative estimate of drug-likeness (QED) is 0.758. The lowest BCUT2D eigenvalue weighted by Crippen LogP contribution is -2.26. The van der Waals surface area contributed by atoms with Crippen LogP contribution in [0.5, 0.6) is 0 Å². The molecule has 0 fully saturated rings. The maximum Gasteiger partial charge on any atom is 0.335 e. The molecule has 0 bridgehead atoms. The number of carbonyl (C=O) groups excluding carboxylic acids is 2. The lowest BCUT2D eigenvalue weighted by Gasteiger charge is -2.10. The van der Waals surface area contributed by atoms with E-state index in [1.807, 2.05) is 6.07 Å². The first kappa shape index (κ1) is 17.7. The molecule has 0 heterocycles. The van der Waals surface area contributed by atoms with Gasteiger partial charge in [0, 0.05) is 33.5 Å². The molecule has 0 aliphatic carbocycles.